The van der Waals surface area contributed by atoms with Gasteiger partial charge in [0.1, 0.15) is 4.83 Å². The fraction of sp³-hybridized carbons (Fsp3) is 0.0741. The number of nitrogens with zero attached hydrogens (tertiary/aromatic N) is 1. The molecule has 0 aliphatic rings. The van der Waals surface area contributed by atoms with Gasteiger partial charge >= 0.3 is 0 Å². The van der Waals surface area contributed by atoms with Crippen molar-refractivity contribution in [2.45, 2.75) is 21.9 Å². The summed E-state index contributed by atoms with van der Waals surface area (Å²) >= 11 is 4.31. The van der Waals surface area contributed by atoms with Crippen LogP contribution in [-0.2, 0) is 4.79 Å². The number of aromatic amines is 1. The van der Waals surface area contributed by atoms with E-state index in [9.17, 15) is 9.59 Å². The monoisotopic (exact) mass is 515 g/mol. The van der Waals surface area contributed by atoms with Gasteiger partial charge in [-0.1, -0.05) is 84.2 Å². The molecule has 2 N–H and O–H groups in total. The van der Waals surface area contributed by atoms with Crippen LogP contribution in [0.1, 0.15) is 4.88 Å². The van der Waals surface area contributed by atoms with Crippen molar-refractivity contribution in [1.29, 1.82) is 0 Å². The molecule has 0 aliphatic heterocycles. The number of aryl methyl sites for hydroxylation is 1. The molecule has 3 aromatic carbocycles. The normalized spacial score (nSPS) is 11.0. The van der Waals surface area contributed by atoms with Crippen LogP contribution in [-0.4, -0.2) is 21.6 Å². The van der Waals surface area contributed by atoms with Gasteiger partial charge in [-0.05, 0) is 36.8 Å². The van der Waals surface area contributed by atoms with Gasteiger partial charge in [-0.3, -0.25) is 9.59 Å². The molecule has 35 heavy (non-hydrogen) atoms. The Morgan fingerprint density at radius 1 is 0.971 bits per heavy atom. The maximum Gasteiger partial charge on any atom is 0.260 e. The third-order valence-electron chi connectivity index (χ3n) is 5.25. The summed E-state index contributed by atoms with van der Waals surface area (Å²) in [6, 6.07) is 27.6. The Morgan fingerprint density at radius 3 is 2.43 bits per heavy atom. The van der Waals surface area contributed by atoms with E-state index in [0.717, 1.165) is 31.5 Å². The van der Waals surface area contributed by atoms with Gasteiger partial charge in [-0.25, -0.2) is 4.98 Å². The molecule has 2 aromatic heterocycles. The van der Waals surface area contributed by atoms with Crippen LogP contribution in [0.5, 0.6) is 0 Å². The number of anilines is 1. The highest BCUT2D eigenvalue weighted by Crippen LogP contribution is 2.36. The SMILES string of the molecule is Cc1sc2nc(SCC(=O)Nc3ccccc3Sc3ccccc3)[nH]c(=O)c2c1-c1ccccc1. The number of hydrogen-bond acceptors (Lipinski definition) is 6. The topological polar surface area (TPSA) is 74.8 Å². The van der Waals surface area contributed by atoms with E-state index in [1.165, 1.54) is 23.1 Å². The number of carbonyl (C=O) groups is 1. The summed E-state index contributed by atoms with van der Waals surface area (Å²) < 4.78 is 0. The molecule has 0 saturated heterocycles. The fourth-order valence-corrected chi connectivity index (χ4v) is 6.40. The van der Waals surface area contributed by atoms with Crippen LogP contribution < -0.4 is 10.9 Å². The molecule has 0 bridgehead atoms. The number of aromatic nitrogens is 2. The van der Waals surface area contributed by atoms with Gasteiger partial charge in [0.2, 0.25) is 5.91 Å². The van der Waals surface area contributed by atoms with Crippen LogP contribution in [0.25, 0.3) is 21.3 Å². The number of rotatable bonds is 7. The van der Waals surface area contributed by atoms with E-state index in [1.807, 2.05) is 91.9 Å². The highest BCUT2D eigenvalue weighted by atomic mass is 32.2. The number of carbonyl (C=O) groups excluding carboxylic acids is 1. The maximum atomic E-state index is 13.0. The number of thioether (sulfide) groups is 1. The van der Waals surface area contributed by atoms with E-state index in [0.29, 0.717) is 15.4 Å². The summed E-state index contributed by atoms with van der Waals surface area (Å²) in [6.45, 7) is 2.00. The van der Waals surface area contributed by atoms with Crippen molar-refractivity contribution >= 4 is 56.7 Å². The molecule has 2 heterocycles. The molecule has 174 valence electrons. The molecular formula is C27H21N3O2S3. The quantitative estimate of drug-likeness (QED) is 0.183. The van der Waals surface area contributed by atoms with E-state index in [1.54, 1.807) is 11.8 Å². The molecule has 5 rings (SSSR count). The zero-order chi connectivity index (χ0) is 24.2. The Hall–Kier alpha value is -3.33. The Labute approximate surface area is 215 Å². The van der Waals surface area contributed by atoms with E-state index < -0.39 is 0 Å². The number of benzene rings is 3. The number of amides is 1. The molecule has 0 saturated carbocycles. The zero-order valence-electron chi connectivity index (χ0n) is 18.8. The summed E-state index contributed by atoms with van der Waals surface area (Å²) in [5.74, 6) is -0.0273. The van der Waals surface area contributed by atoms with Crippen molar-refractivity contribution in [1.82, 2.24) is 9.97 Å². The first-order chi connectivity index (χ1) is 17.1. The average Bonchev–Trinajstić information content (AvgIpc) is 3.21. The first-order valence-corrected chi connectivity index (χ1v) is 13.5. The summed E-state index contributed by atoms with van der Waals surface area (Å²) in [4.78, 5) is 37.0. The van der Waals surface area contributed by atoms with E-state index in [2.05, 4.69) is 15.3 Å². The van der Waals surface area contributed by atoms with Crippen LogP contribution in [0.2, 0.25) is 0 Å². The molecule has 1 amide bonds. The van der Waals surface area contributed by atoms with Gasteiger partial charge in [0.05, 0.1) is 16.8 Å². The number of para-hydroxylation sites is 1. The second kappa shape index (κ2) is 10.5. The lowest BCUT2D eigenvalue weighted by Gasteiger charge is -2.10. The van der Waals surface area contributed by atoms with E-state index in [4.69, 9.17) is 0 Å². The molecule has 0 spiro atoms. The lowest BCUT2D eigenvalue weighted by atomic mass is 10.0. The van der Waals surface area contributed by atoms with Crippen LogP contribution in [0.4, 0.5) is 5.69 Å². The fourth-order valence-electron chi connectivity index (χ4n) is 3.71. The maximum absolute atomic E-state index is 13.0. The Kier molecular flexibility index (Phi) is 7.03. The smallest absolute Gasteiger partial charge is 0.260 e. The molecule has 0 unspecified atom stereocenters. The average molecular weight is 516 g/mol. The molecular weight excluding hydrogens is 495 g/mol. The van der Waals surface area contributed by atoms with Crippen molar-refractivity contribution in [3.63, 3.8) is 0 Å². The standard InChI is InChI=1S/C27H21N3O2S3/c1-17-23(18-10-4-2-5-11-18)24-25(32)29-27(30-26(24)34-17)33-16-22(31)28-20-14-8-9-15-21(20)35-19-12-6-3-7-13-19/h2-15H,16H2,1H3,(H,28,31)(H,29,30,32). The van der Waals surface area contributed by atoms with Gasteiger partial charge in [0, 0.05) is 20.2 Å². The van der Waals surface area contributed by atoms with Gasteiger partial charge in [0.15, 0.2) is 5.16 Å². The van der Waals surface area contributed by atoms with E-state index in [-0.39, 0.29) is 17.2 Å². The lowest BCUT2D eigenvalue weighted by Crippen LogP contribution is -2.16. The van der Waals surface area contributed by atoms with Gasteiger partial charge < -0.3 is 10.3 Å². The first-order valence-electron chi connectivity index (χ1n) is 10.9. The Morgan fingerprint density at radius 2 is 1.66 bits per heavy atom. The number of hydrogen-bond donors (Lipinski definition) is 2. The summed E-state index contributed by atoms with van der Waals surface area (Å²) in [7, 11) is 0. The molecule has 0 aliphatic carbocycles. The molecule has 0 fully saturated rings. The summed E-state index contributed by atoms with van der Waals surface area (Å²) in [5, 5.41) is 4.02. The van der Waals surface area contributed by atoms with Crippen molar-refractivity contribution in [3.05, 3.63) is 100 Å². The lowest BCUT2D eigenvalue weighted by molar-refractivity contribution is -0.113. The Bertz CT molecular complexity index is 1550. The van der Waals surface area contributed by atoms with Crippen molar-refractivity contribution < 1.29 is 4.79 Å². The summed E-state index contributed by atoms with van der Waals surface area (Å²) in [5.41, 5.74) is 2.48. The van der Waals surface area contributed by atoms with Crippen LogP contribution in [0, 0.1) is 6.92 Å². The predicted octanol–water partition coefficient (Wildman–Crippen LogP) is 6.84. The molecule has 5 nitrogen and oxygen atoms in total. The highest BCUT2D eigenvalue weighted by molar-refractivity contribution is 8.00. The molecule has 5 aromatic rings. The van der Waals surface area contributed by atoms with E-state index >= 15 is 0 Å². The van der Waals surface area contributed by atoms with Crippen LogP contribution >= 0.6 is 34.9 Å². The minimum atomic E-state index is -0.189. The van der Waals surface area contributed by atoms with Crippen molar-refractivity contribution in [2.24, 2.45) is 0 Å². The minimum absolute atomic E-state index is 0.134. The van der Waals surface area contributed by atoms with Gasteiger partial charge in [0.25, 0.3) is 5.56 Å². The number of nitrogens with one attached hydrogen (secondary N) is 2. The van der Waals surface area contributed by atoms with Crippen LogP contribution in [0.3, 0.4) is 0 Å². The third-order valence-corrected chi connectivity index (χ3v) is 8.21. The molecule has 0 atom stereocenters. The first kappa shape index (κ1) is 23.4. The van der Waals surface area contributed by atoms with Crippen molar-refractivity contribution in [3.8, 4) is 11.1 Å². The number of thiophene rings is 1. The van der Waals surface area contributed by atoms with Crippen LogP contribution in [0.15, 0.2) is 105 Å². The predicted molar refractivity (Wildman–Crippen MR) is 147 cm³/mol. The second-order valence-electron chi connectivity index (χ2n) is 7.70. The highest BCUT2D eigenvalue weighted by Gasteiger charge is 2.17. The van der Waals surface area contributed by atoms with Crippen molar-refractivity contribution in [2.75, 3.05) is 11.1 Å². The number of fused-ring (bicyclic) bond motifs is 1. The minimum Gasteiger partial charge on any atom is -0.324 e. The molecule has 8 heteroatoms. The number of H-pyrrole nitrogens is 1. The largest absolute Gasteiger partial charge is 0.324 e. The van der Waals surface area contributed by atoms with Gasteiger partial charge in [-0.2, -0.15) is 0 Å². The Balaban J connectivity index is 1.31. The summed E-state index contributed by atoms with van der Waals surface area (Å²) in [6.07, 6.45) is 0. The third kappa shape index (κ3) is 5.35. The second-order valence-corrected chi connectivity index (χ2v) is 11.0. The zero-order valence-corrected chi connectivity index (χ0v) is 21.2. The van der Waals surface area contributed by atoms with Gasteiger partial charge in [-0.15, -0.1) is 11.3 Å². The molecule has 0 radical (unpaired) electrons.